The van der Waals surface area contributed by atoms with Gasteiger partial charge in [-0.05, 0) is 43.0 Å². The van der Waals surface area contributed by atoms with Crippen molar-refractivity contribution in [2.45, 2.75) is 32.1 Å². The Morgan fingerprint density at radius 2 is 2.00 bits per heavy atom. The van der Waals surface area contributed by atoms with Crippen molar-refractivity contribution in [1.29, 1.82) is 0 Å². The number of amides is 1. The number of benzene rings is 1. The van der Waals surface area contributed by atoms with E-state index >= 15 is 0 Å². The molecule has 19 heavy (non-hydrogen) atoms. The van der Waals surface area contributed by atoms with E-state index in [9.17, 15) is 13.2 Å². The molecule has 1 aromatic carbocycles. The van der Waals surface area contributed by atoms with E-state index in [-0.39, 0.29) is 10.8 Å². The maximum Gasteiger partial charge on any atom is 0.261 e. The molecule has 1 rings (SSSR count). The van der Waals surface area contributed by atoms with Crippen LogP contribution >= 0.6 is 10.7 Å². The number of aryl methyl sites for hydroxylation is 1. The average molecular weight is 304 g/mol. The Morgan fingerprint density at radius 3 is 2.47 bits per heavy atom. The lowest BCUT2D eigenvalue weighted by Gasteiger charge is -2.09. The fraction of sp³-hybridized carbons (Fsp3) is 0.462. The van der Waals surface area contributed by atoms with Crippen molar-refractivity contribution in [3.8, 4) is 0 Å². The summed E-state index contributed by atoms with van der Waals surface area (Å²) in [6.45, 7) is 6.45. The molecule has 106 valence electrons. The summed E-state index contributed by atoms with van der Waals surface area (Å²) in [4.78, 5) is 11.9. The molecule has 1 amide bonds. The van der Waals surface area contributed by atoms with E-state index < -0.39 is 9.05 Å². The summed E-state index contributed by atoms with van der Waals surface area (Å²) in [6.07, 6.45) is 0.902. The number of hydrogen-bond acceptors (Lipinski definition) is 3. The molecule has 0 atom stereocenters. The number of carbonyl (C=O) groups is 1. The second-order valence-electron chi connectivity index (χ2n) is 4.85. The minimum atomic E-state index is -3.76. The lowest BCUT2D eigenvalue weighted by atomic mass is 10.1. The average Bonchev–Trinajstić information content (AvgIpc) is 2.26. The van der Waals surface area contributed by atoms with Gasteiger partial charge in [0.2, 0.25) is 0 Å². The Bertz CT molecular complexity index is 567. The first-order chi connectivity index (χ1) is 8.71. The summed E-state index contributed by atoms with van der Waals surface area (Å²) < 4.78 is 22.4. The normalized spacial score (nSPS) is 11.6. The first-order valence-electron chi connectivity index (χ1n) is 6.05. The molecule has 0 aliphatic heterocycles. The van der Waals surface area contributed by atoms with E-state index in [2.05, 4.69) is 19.2 Å². The summed E-state index contributed by atoms with van der Waals surface area (Å²) in [6, 6.07) is 4.22. The minimum Gasteiger partial charge on any atom is -0.352 e. The van der Waals surface area contributed by atoms with Gasteiger partial charge in [-0.2, -0.15) is 0 Å². The molecule has 0 spiro atoms. The third-order valence-electron chi connectivity index (χ3n) is 2.73. The maximum absolute atomic E-state index is 11.9. The number of carbonyl (C=O) groups excluding carboxylic acids is 1. The van der Waals surface area contributed by atoms with Crippen molar-refractivity contribution in [2.24, 2.45) is 5.92 Å². The van der Waals surface area contributed by atoms with Crippen LogP contribution in [0.2, 0.25) is 0 Å². The van der Waals surface area contributed by atoms with Gasteiger partial charge in [0.05, 0.1) is 4.90 Å². The summed E-state index contributed by atoms with van der Waals surface area (Å²) in [7, 11) is 1.50. The zero-order valence-electron chi connectivity index (χ0n) is 11.2. The van der Waals surface area contributed by atoms with E-state index in [4.69, 9.17) is 10.7 Å². The molecule has 0 aliphatic carbocycles. The molecule has 4 nitrogen and oxygen atoms in total. The standard InChI is InChI=1S/C13H18ClNO3S/c1-9(2)6-7-15-13(16)12-5-4-11(8-10(12)3)19(14,17)18/h4-5,8-9H,6-7H2,1-3H3,(H,15,16). The Hall–Kier alpha value is -1.07. The van der Waals surface area contributed by atoms with E-state index in [0.717, 1.165) is 6.42 Å². The van der Waals surface area contributed by atoms with Crippen LogP contribution in [0.15, 0.2) is 23.1 Å². The molecule has 0 aliphatic rings. The van der Waals surface area contributed by atoms with E-state index in [1.165, 1.54) is 18.2 Å². The Morgan fingerprint density at radius 1 is 1.37 bits per heavy atom. The zero-order chi connectivity index (χ0) is 14.6. The molecule has 0 fully saturated rings. The fourth-order valence-electron chi connectivity index (χ4n) is 1.61. The fourth-order valence-corrected chi connectivity index (χ4v) is 2.45. The van der Waals surface area contributed by atoms with Crippen LogP contribution in [0.3, 0.4) is 0 Å². The highest BCUT2D eigenvalue weighted by molar-refractivity contribution is 8.13. The first kappa shape index (κ1) is 16.0. The Labute approximate surface area is 118 Å². The molecule has 0 saturated heterocycles. The van der Waals surface area contributed by atoms with Crippen LogP contribution in [0.25, 0.3) is 0 Å². The highest BCUT2D eigenvalue weighted by Gasteiger charge is 2.14. The molecule has 0 bridgehead atoms. The highest BCUT2D eigenvalue weighted by atomic mass is 35.7. The second-order valence-corrected chi connectivity index (χ2v) is 7.42. The van der Waals surface area contributed by atoms with Gasteiger partial charge in [0.15, 0.2) is 0 Å². The minimum absolute atomic E-state index is 0.00500. The van der Waals surface area contributed by atoms with E-state index in [1.807, 2.05) is 0 Å². The van der Waals surface area contributed by atoms with Gasteiger partial charge in [-0.15, -0.1) is 0 Å². The predicted molar refractivity (Wildman–Crippen MR) is 76.0 cm³/mol. The molecule has 0 unspecified atom stereocenters. The Balaban J connectivity index is 2.82. The van der Waals surface area contributed by atoms with Gasteiger partial charge in [0, 0.05) is 22.8 Å². The number of halogens is 1. The van der Waals surface area contributed by atoms with Crippen LogP contribution in [-0.4, -0.2) is 20.9 Å². The van der Waals surface area contributed by atoms with Crippen molar-refractivity contribution < 1.29 is 13.2 Å². The molecule has 0 aromatic heterocycles. The lowest BCUT2D eigenvalue weighted by Crippen LogP contribution is -2.26. The number of hydrogen-bond donors (Lipinski definition) is 1. The topological polar surface area (TPSA) is 63.2 Å². The second kappa shape index (κ2) is 6.39. The molecule has 0 heterocycles. The summed E-state index contributed by atoms with van der Waals surface area (Å²) in [5.41, 5.74) is 1.05. The van der Waals surface area contributed by atoms with Gasteiger partial charge >= 0.3 is 0 Å². The van der Waals surface area contributed by atoms with E-state index in [0.29, 0.717) is 23.6 Å². The smallest absolute Gasteiger partial charge is 0.261 e. The van der Waals surface area contributed by atoms with Crippen molar-refractivity contribution in [3.63, 3.8) is 0 Å². The van der Waals surface area contributed by atoms with Gasteiger partial charge in [-0.1, -0.05) is 13.8 Å². The van der Waals surface area contributed by atoms with Crippen molar-refractivity contribution >= 4 is 25.6 Å². The molecule has 1 N–H and O–H groups in total. The van der Waals surface area contributed by atoms with E-state index in [1.54, 1.807) is 6.92 Å². The van der Waals surface area contributed by atoms with Crippen LogP contribution < -0.4 is 5.32 Å². The SMILES string of the molecule is Cc1cc(S(=O)(=O)Cl)ccc1C(=O)NCCC(C)C. The summed E-state index contributed by atoms with van der Waals surface area (Å²) in [5.74, 6) is 0.321. The third kappa shape index (κ3) is 4.84. The number of rotatable bonds is 5. The molecular weight excluding hydrogens is 286 g/mol. The van der Waals surface area contributed by atoms with Crippen molar-refractivity contribution in [3.05, 3.63) is 29.3 Å². The van der Waals surface area contributed by atoms with Crippen LogP contribution in [0.5, 0.6) is 0 Å². The quantitative estimate of drug-likeness (QED) is 0.851. The molecule has 6 heteroatoms. The van der Waals surface area contributed by atoms with Gasteiger partial charge in [0.25, 0.3) is 15.0 Å². The van der Waals surface area contributed by atoms with Crippen LogP contribution in [-0.2, 0) is 9.05 Å². The largest absolute Gasteiger partial charge is 0.352 e. The summed E-state index contributed by atoms with van der Waals surface area (Å²) >= 11 is 0. The van der Waals surface area contributed by atoms with Gasteiger partial charge in [-0.3, -0.25) is 4.79 Å². The monoisotopic (exact) mass is 303 g/mol. The highest BCUT2D eigenvalue weighted by Crippen LogP contribution is 2.18. The molecule has 0 radical (unpaired) electrons. The lowest BCUT2D eigenvalue weighted by molar-refractivity contribution is 0.0951. The Kier molecular flexibility index (Phi) is 5.38. The third-order valence-corrected chi connectivity index (χ3v) is 4.08. The summed E-state index contributed by atoms with van der Waals surface area (Å²) in [5, 5.41) is 2.81. The number of nitrogens with one attached hydrogen (secondary N) is 1. The maximum atomic E-state index is 11.9. The zero-order valence-corrected chi connectivity index (χ0v) is 12.8. The van der Waals surface area contributed by atoms with Crippen molar-refractivity contribution in [1.82, 2.24) is 5.32 Å². The van der Waals surface area contributed by atoms with Crippen LogP contribution in [0, 0.1) is 12.8 Å². The van der Waals surface area contributed by atoms with Gasteiger partial charge in [0.1, 0.15) is 0 Å². The predicted octanol–water partition coefficient (Wildman–Crippen LogP) is 2.70. The van der Waals surface area contributed by atoms with Gasteiger partial charge in [-0.25, -0.2) is 8.42 Å². The molecule has 0 saturated carbocycles. The van der Waals surface area contributed by atoms with Crippen LogP contribution in [0.4, 0.5) is 0 Å². The van der Waals surface area contributed by atoms with Crippen LogP contribution in [0.1, 0.15) is 36.2 Å². The van der Waals surface area contributed by atoms with Crippen molar-refractivity contribution in [2.75, 3.05) is 6.54 Å². The molecule has 1 aromatic rings. The first-order valence-corrected chi connectivity index (χ1v) is 8.36. The van der Waals surface area contributed by atoms with Gasteiger partial charge < -0.3 is 5.32 Å². The molecular formula is C13H18ClNO3S.